The highest BCUT2D eigenvalue weighted by molar-refractivity contribution is 5.86. The summed E-state index contributed by atoms with van der Waals surface area (Å²) < 4.78 is 0. The predicted octanol–water partition coefficient (Wildman–Crippen LogP) is 2.35. The molecule has 0 aromatic rings. The molecule has 0 spiro atoms. The molecule has 1 N–H and O–H groups in total. The second kappa shape index (κ2) is 3.37. The van der Waals surface area contributed by atoms with E-state index in [1.54, 1.807) is 6.92 Å². The summed E-state index contributed by atoms with van der Waals surface area (Å²) in [5, 5.41) is 18.0. The van der Waals surface area contributed by atoms with Crippen LogP contribution in [-0.2, 0) is 4.79 Å². The lowest BCUT2D eigenvalue weighted by molar-refractivity contribution is -0.132. The molecule has 2 rings (SSSR count). The van der Waals surface area contributed by atoms with E-state index in [0.29, 0.717) is 11.5 Å². The molecule has 0 aromatic heterocycles. The summed E-state index contributed by atoms with van der Waals surface area (Å²) in [5.41, 5.74) is 0.264. The van der Waals surface area contributed by atoms with Crippen LogP contribution < -0.4 is 0 Å². The van der Waals surface area contributed by atoms with Crippen molar-refractivity contribution in [3.8, 4) is 6.07 Å². The zero-order chi connectivity index (χ0) is 11.1. The third-order valence-electron chi connectivity index (χ3n) is 3.95. The zero-order valence-electron chi connectivity index (χ0n) is 8.86. The minimum Gasteiger partial charge on any atom is -0.478 e. The maximum atomic E-state index is 10.8. The molecular formula is C12H15NO2. The van der Waals surface area contributed by atoms with Gasteiger partial charge >= 0.3 is 5.97 Å². The molecule has 15 heavy (non-hydrogen) atoms. The Hall–Kier alpha value is -1.30. The number of rotatable bonds is 2. The molecular weight excluding hydrogens is 190 g/mol. The molecule has 0 radical (unpaired) electrons. The first-order chi connectivity index (χ1) is 7.07. The Kier molecular flexibility index (Phi) is 2.30. The zero-order valence-corrected chi connectivity index (χ0v) is 8.86. The van der Waals surface area contributed by atoms with Gasteiger partial charge in [0.05, 0.1) is 12.0 Å². The van der Waals surface area contributed by atoms with E-state index in [1.165, 1.54) is 0 Å². The first kappa shape index (κ1) is 10.2. The van der Waals surface area contributed by atoms with E-state index in [2.05, 4.69) is 6.07 Å². The molecule has 0 heterocycles. The van der Waals surface area contributed by atoms with Crippen LogP contribution in [0.3, 0.4) is 0 Å². The van der Waals surface area contributed by atoms with E-state index >= 15 is 0 Å². The van der Waals surface area contributed by atoms with Crippen LogP contribution >= 0.6 is 0 Å². The fraction of sp³-hybridized carbons (Fsp3) is 0.667. The average molecular weight is 205 g/mol. The second-order valence-corrected chi connectivity index (χ2v) is 4.89. The van der Waals surface area contributed by atoms with Crippen molar-refractivity contribution in [2.75, 3.05) is 0 Å². The topological polar surface area (TPSA) is 61.1 Å². The number of allylic oxidation sites excluding steroid dienone is 1. The lowest BCUT2D eigenvalue weighted by Crippen LogP contribution is -2.22. The Morgan fingerprint density at radius 2 is 2.40 bits per heavy atom. The van der Waals surface area contributed by atoms with Gasteiger partial charge in [0.1, 0.15) is 0 Å². The van der Waals surface area contributed by atoms with Gasteiger partial charge in [-0.15, -0.1) is 0 Å². The van der Waals surface area contributed by atoms with Crippen molar-refractivity contribution in [3.05, 3.63) is 11.6 Å². The molecule has 80 valence electrons. The van der Waals surface area contributed by atoms with Crippen LogP contribution in [0.25, 0.3) is 0 Å². The Labute approximate surface area is 89.4 Å². The first-order valence-corrected chi connectivity index (χ1v) is 5.40. The minimum absolute atomic E-state index is 0.0329. The molecule has 3 heteroatoms. The van der Waals surface area contributed by atoms with Gasteiger partial charge in [-0.05, 0) is 38.5 Å². The molecule has 0 aliphatic heterocycles. The molecule has 0 aromatic carbocycles. The molecule has 2 fully saturated rings. The summed E-state index contributed by atoms with van der Waals surface area (Å²) in [6, 6.07) is 2.34. The van der Waals surface area contributed by atoms with Crippen LogP contribution in [0.5, 0.6) is 0 Å². The SMILES string of the molecule is CC(=CC12CCC(CC1C#N)C2)C(=O)O. The highest BCUT2D eigenvalue weighted by Crippen LogP contribution is 2.58. The molecule has 3 atom stereocenters. The van der Waals surface area contributed by atoms with Gasteiger partial charge in [0.2, 0.25) is 0 Å². The van der Waals surface area contributed by atoms with Crippen molar-refractivity contribution in [3.63, 3.8) is 0 Å². The second-order valence-electron chi connectivity index (χ2n) is 4.89. The van der Waals surface area contributed by atoms with Crippen molar-refractivity contribution >= 4 is 5.97 Å². The van der Waals surface area contributed by atoms with Gasteiger partial charge in [-0.1, -0.05) is 6.08 Å². The van der Waals surface area contributed by atoms with Crippen molar-refractivity contribution in [1.29, 1.82) is 5.26 Å². The summed E-state index contributed by atoms with van der Waals surface area (Å²) >= 11 is 0. The Morgan fingerprint density at radius 1 is 1.67 bits per heavy atom. The number of fused-ring (bicyclic) bond motifs is 2. The average Bonchev–Trinajstić information content (AvgIpc) is 2.73. The molecule has 2 aliphatic rings. The Balaban J connectivity index is 2.30. The minimum atomic E-state index is -0.864. The molecule has 0 amide bonds. The molecule has 3 unspecified atom stereocenters. The van der Waals surface area contributed by atoms with Gasteiger partial charge in [-0.25, -0.2) is 4.79 Å². The summed E-state index contributed by atoms with van der Waals surface area (Å²) in [6.07, 6.45) is 5.95. The van der Waals surface area contributed by atoms with Crippen LogP contribution in [0.2, 0.25) is 0 Å². The normalized spacial score (nSPS) is 39.1. The Morgan fingerprint density at radius 3 is 2.93 bits per heavy atom. The maximum Gasteiger partial charge on any atom is 0.330 e. The number of nitriles is 1. The molecule has 3 nitrogen and oxygen atoms in total. The van der Waals surface area contributed by atoms with E-state index in [0.717, 1.165) is 25.7 Å². The van der Waals surface area contributed by atoms with E-state index in [1.807, 2.05) is 6.08 Å². The number of aliphatic carboxylic acids is 1. The summed E-state index contributed by atoms with van der Waals surface area (Å²) in [7, 11) is 0. The van der Waals surface area contributed by atoms with Gasteiger partial charge in [-0.2, -0.15) is 5.26 Å². The number of carboxylic acids is 1. The Bertz CT molecular complexity index is 366. The van der Waals surface area contributed by atoms with E-state index in [-0.39, 0.29) is 11.3 Å². The lowest BCUT2D eigenvalue weighted by Gasteiger charge is -2.27. The number of carboxylic acid groups (broad SMARTS) is 1. The number of carbonyl (C=O) groups is 1. The summed E-state index contributed by atoms with van der Waals surface area (Å²) in [6.45, 7) is 1.62. The van der Waals surface area contributed by atoms with Crippen LogP contribution in [-0.4, -0.2) is 11.1 Å². The standard InChI is InChI=1S/C12H15NO2/c1-8(11(14)15)5-12-3-2-9(6-12)4-10(12)7-13/h5,9-10H,2-4,6H2,1H3,(H,14,15). The van der Waals surface area contributed by atoms with Crippen LogP contribution in [0, 0.1) is 28.6 Å². The molecule has 2 saturated carbocycles. The molecule has 2 aliphatic carbocycles. The smallest absolute Gasteiger partial charge is 0.330 e. The fourth-order valence-electron chi connectivity index (χ4n) is 3.21. The number of hydrogen-bond acceptors (Lipinski definition) is 2. The third kappa shape index (κ3) is 1.54. The van der Waals surface area contributed by atoms with Crippen molar-refractivity contribution in [2.45, 2.75) is 32.6 Å². The monoisotopic (exact) mass is 205 g/mol. The predicted molar refractivity (Wildman–Crippen MR) is 54.9 cm³/mol. The van der Waals surface area contributed by atoms with Crippen LogP contribution in [0.1, 0.15) is 32.6 Å². The highest BCUT2D eigenvalue weighted by Gasteiger charge is 2.51. The molecule has 2 bridgehead atoms. The maximum absolute atomic E-state index is 10.8. The van der Waals surface area contributed by atoms with Crippen molar-refractivity contribution < 1.29 is 9.90 Å². The lowest BCUT2D eigenvalue weighted by atomic mass is 9.74. The highest BCUT2D eigenvalue weighted by atomic mass is 16.4. The largest absolute Gasteiger partial charge is 0.478 e. The fourth-order valence-corrected chi connectivity index (χ4v) is 3.21. The van der Waals surface area contributed by atoms with Crippen LogP contribution in [0.15, 0.2) is 11.6 Å². The van der Waals surface area contributed by atoms with Gasteiger partial charge in [0, 0.05) is 11.0 Å². The van der Waals surface area contributed by atoms with E-state index in [4.69, 9.17) is 10.4 Å². The van der Waals surface area contributed by atoms with Crippen molar-refractivity contribution in [2.24, 2.45) is 17.3 Å². The summed E-state index contributed by atoms with van der Waals surface area (Å²) in [4.78, 5) is 10.8. The van der Waals surface area contributed by atoms with Crippen LogP contribution in [0.4, 0.5) is 0 Å². The summed E-state index contributed by atoms with van der Waals surface area (Å²) in [5.74, 6) is -0.186. The molecule has 0 saturated heterocycles. The number of hydrogen-bond donors (Lipinski definition) is 1. The van der Waals surface area contributed by atoms with Gasteiger partial charge in [-0.3, -0.25) is 0 Å². The van der Waals surface area contributed by atoms with E-state index < -0.39 is 5.97 Å². The number of nitrogens with zero attached hydrogens (tertiary/aromatic N) is 1. The first-order valence-electron chi connectivity index (χ1n) is 5.40. The van der Waals surface area contributed by atoms with Gasteiger partial charge < -0.3 is 5.11 Å². The van der Waals surface area contributed by atoms with Crippen molar-refractivity contribution in [1.82, 2.24) is 0 Å². The third-order valence-corrected chi connectivity index (χ3v) is 3.95. The van der Waals surface area contributed by atoms with Gasteiger partial charge in [0.25, 0.3) is 0 Å². The quantitative estimate of drug-likeness (QED) is 0.704. The van der Waals surface area contributed by atoms with E-state index in [9.17, 15) is 4.79 Å². The van der Waals surface area contributed by atoms with Gasteiger partial charge in [0.15, 0.2) is 0 Å².